The second-order valence-corrected chi connectivity index (χ2v) is 9.58. The molecule has 0 amide bonds. The molecule has 0 aliphatic heterocycles. The molecule has 0 radical (unpaired) electrons. The Morgan fingerprint density at radius 1 is 1.23 bits per heavy atom. The number of aromatic amines is 1. The quantitative estimate of drug-likeness (QED) is 0.438. The third-order valence-corrected chi connectivity index (χ3v) is 6.94. The van der Waals surface area contributed by atoms with Crippen LogP contribution in [0.3, 0.4) is 0 Å². The molecule has 9 nitrogen and oxygen atoms in total. The summed E-state index contributed by atoms with van der Waals surface area (Å²) in [6, 6.07) is 6.42. The summed E-state index contributed by atoms with van der Waals surface area (Å²) in [4.78, 5) is 30.9. The molecule has 35 heavy (non-hydrogen) atoms. The van der Waals surface area contributed by atoms with Crippen LogP contribution in [0.5, 0.6) is 0 Å². The van der Waals surface area contributed by atoms with Crippen molar-refractivity contribution in [3.8, 4) is 0 Å². The predicted molar refractivity (Wildman–Crippen MR) is 134 cm³/mol. The Labute approximate surface area is 205 Å². The number of H-pyrrole nitrogens is 1. The number of fused-ring (bicyclic) bond motifs is 1. The van der Waals surface area contributed by atoms with Crippen LogP contribution in [0.25, 0.3) is 10.9 Å². The zero-order chi connectivity index (χ0) is 24.9. The lowest BCUT2D eigenvalue weighted by molar-refractivity contribution is -0.144. The highest BCUT2D eigenvalue weighted by atomic mass is 16.5. The smallest absolute Gasteiger partial charge is 0.327 e. The number of ether oxygens (including phenoxy) is 1. The number of aromatic nitrogens is 5. The van der Waals surface area contributed by atoms with E-state index >= 15 is 0 Å². The van der Waals surface area contributed by atoms with E-state index < -0.39 is 0 Å². The molecular formula is C26H36N6O3. The van der Waals surface area contributed by atoms with E-state index in [0.29, 0.717) is 25.0 Å². The second kappa shape index (κ2) is 11.1. The van der Waals surface area contributed by atoms with Crippen LogP contribution >= 0.6 is 0 Å². The Hall–Kier alpha value is -3.07. The standard InChI is InChI=1S/C26H36N6O3/c1-5-9-23(25-28-29-30-32(25)16-24(33)35-6-2)31(20-10-7-8-11-20)15-19-14-21-18(4)12-17(3)13-22(21)27-26(19)34/h12-14,20,23H,5-11,15-16H2,1-4H3,(H,27,34)/t23-/m0/s1. The lowest BCUT2D eigenvalue weighted by Gasteiger charge is -2.35. The maximum Gasteiger partial charge on any atom is 0.327 e. The first kappa shape index (κ1) is 25.0. The Kier molecular flexibility index (Phi) is 7.95. The number of pyridine rings is 1. The lowest BCUT2D eigenvalue weighted by Crippen LogP contribution is -2.39. The van der Waals surface area contributed by atoms with Crippen molar-refractivity contribution in [3.05, 3.63) is 51.1 Å². The summed E-state index contributed by atoms with van der Waals surface area (Å²) in [5, 5.41) is 13.4. The van der Waals surface area contributed by atoms with E-state index in [1.165, 1.54) is 12.8 Å². The Morgan fingerprint density at radius 3 is 2.71 bits per heavy atom. The summed E-state index contributed by atoms with van der Waals surface area (Å²) in [5.74, 6) is 0.288. The van der Waals surface area contributed by atoms with Gasteiger partial charge >= 0.3 is 5.97 Å². The van der Waals surface area contributed by atoms with Crippen LogP contribution in [0.2, 0.25) is 0 Å². The maximum absolute atomic E-state index is 13.2. The molecule has 1 aliphatic rings. The van der Waals surface area contributed by atoms with E-state index in [2.05, 4.69) is 45.3 Å². The van der Waals surface area contributed by atoms with Crippen molar-refractivity contribution >= 4 is 16.9 Å². The van der Waals surface area contributed by atoms with Crippen molar-refractivity contribution in [2.24, 2.45) is 0 Å². The van der Waals surface area contributed by atoms with Crippen LogP contribution in [-0.2, 0) is 22.6 Å². The fourth-order valence-corrected chi connectivity index (χ4v) is 5.37. The summed E-state index contributed by atoms with van der Waals surface area (Å²) in [6.07, 6.45) is 6.23. The highest BCUT2D eigenvalue weighted by Crippen LogP contribution is 2.34. The first-order valence-electron chi connectivity index (χ1n) is 12.7. The second-order valence-electron chi connectivity index (χ2n) is 9.58. The van der Waals surface area contributed by atoms with Gasteiger partial charge in [-0.1, -0.05) is 32.3 Å². The number of carbonyl (C=O) groups is 1. The van der Waals surface area contributed by atoms with Crippen LogP contribution in [0, 0.1) is 13.8 Å². The number of tetrazole rings is 1. The van der Waals surface area contributed by atoms with E-state index in [1.54, 1.807) is 11.6 Å². The van der Waals surface area contributed by atoms with Crippen LogP contribution in [0.4, 0.5) is 0 Å². The summed E-state index contributed by atoms with van der Waals surface area (Å²) >= 11 is 0. The molecule has 1 atom stereocenters. The summed E-state index contributed by atoms with van der Waals surface area (Å²) in [7, 11) is 0. The van der Waals surface area contributed by atoms with E-state index in [9.17, 15) is 9.59 Å². The van der Waals surface area contributed by atoms with Gasteiger partial charge in [-0.3, -0.25) is 14.5 Å². The molecule has 0 spiro atoms. The average molecular weight is 481 g/mol. The normalized spacial score (nSPS) is 15.2. The van der Waals surface area contributed by atoms with E-state index in [0.717, 1.165) is 53.3 Å². The maximum atomic E-state index is 13.2. The van der Waals surface area contributed by atoms with Crippen molar-refractivity contribution in [2.75, 3.05) is 6.61 Å². The molecule has 0 unspecified atom stereocenters. The molecule has 1 N–H and O–H groups in total. The van der Waals surface area contributed by atoms with Crippen molar-refractivity contribution in [3.63, 3.8) is 0 Å². The first-order chi connectivity index (χ1) is 16.9. The third-order valence-electron chi connectivity index (χ3n) is 6.94. The van der Waals surface area contributed by atoms with E-state index in [4.69, 9.17) is 4.74 Å². The summed E-state index contributed by atoms with van der Waals surface area (Å²) < 4.78 is 6.68. The summed E-state index contributed by atoms with van der Waals surface area (Å²) in [5.41, 5.74) is 3.82. The molecular weight excluding hydrogens is 444 g/mol. The van der Waals surface area contributed by atoms with Crippen LogP contribution in [0.1, 0.15) is 80.9 Å². The molecule has 188 valence electrons. The van der Waals surface area contributed by atoms with Crippen molar-refractivity contribution in [1.82, 2.24) is 30.1 Å². The zero-order valence-corrected chi connectivity index (χ0v) is 21.2. The monoisotopic (exact) mass is 480 g/mol. The van der Waals surface area contributed by atoms with Gasteiger partial charge in [0.1, 0.15) is 6.54 Å². The minimum absolute atomic E-state index is 0.0238. The molecule has 2 aromatic heterocycles. The van der Waals surface area contributed by atoms with Gasteiger partial charge in [-0.25, -0.2) is 4.68 Å². The van der Waals surface area contributed by atoms with Crippen LogP contribution in [0.15, 0.2) is 23.0 Å². The van der Waals surface area contributed by atoms with Gasteiger partial charge in [-0.05, 0) is 73.7 Å². The van der Waals surface area contributed by atoms with Gasteiger partial charge in [0.15, 0.2) is 5.82 Å². The van der Waals surface area contributed by atoms with Crippen LogP contribution < -0.4 is 5.56 Å². The Balaban J connectivity index is 1.73. The molecule has 0 bridgehead atoms. The van der Waals surface area contributed by atoms with E-state index in [1.807, 2.05) is 19.1 Å². The lowest BCUT2D eigenvalue weighted by atomic mass is 10.0. The van der Waals surface area contributed by atoms with Crippen molar-refractivity contribution < 1.29 is 9.53 Å². The molecule has 4 rings (SSSR count). The molecule has 1 fully saturated rings. The molecule has 9 heteroatoms. The predicted octanol–water partition coefficient (Wildman–Crippen LogP) is 3.98. The fraction of sp³-hybridized carbons (Fsp3) is 0.577. The van der Waals surface area contributed by atoms with Gasteiger partial charge in [0.2, 0.25) is 0 Å². The molecule has 1 aromatic carbocycles. The van der Waals surface area contributed by atoms with Gasteiger partial charge in [0, 0.05) is 29.1 Å². The number of nitrogens with one attached hydrogen (secondary N) is 1. The average Bonchev–Trinajstić information content (AvgIpc) is 3.49. The Bertz CT molecular complexity index is 1230. The number of carbonyl (C=O) groups excluding carboxylic acids is 1. The van der Waals surface area contributed by atoms with Gasteiger partial charge in [0.25, 0.3) is 5.56 Å². The van der Waals surface area contributed by atoms with Crippen LogP contribution in [-0.4, -0.2) is 48.7 Å². The highest BCUT2D eigenvalue weighted by Gasteiger charge is 2.33. The minimum atomic E-state index is -0.361. The van der Waals surface area contributed by atoms with Gasteiger partial charge in [-0.2, -0.15) is 0 Å². The number of rotatable bonds is 10. The topological polar surface area (TPSA) is 106 Å². The fourth-order valence-electron chi connectivity index (χ4n) is 5.37. The van der Waals surface area contributed by atoms with Crippen molar-refractivity contribution in [1.29, 1.82) is 0 Å². The first-order valence-corrected chi connectivity index (χ1v) is 12.7. The van der Waals surface area contributed by atoms with Gasteiger partial charge < -0.3 is 9.72 Å². The molecule has 1 aliphatic carbocycles. The number of aryl methyl sites for hydroxylation is 2. The summed E-state index contributed by atoms with van der Waals surface area (Å²) in [6.45, 7) is 8.82. The largest absolute Gasteiger partial charge is 0.465 e. The third kappa shape index (κ3) is 5.61. The number of esters is 1. The van der Waals surface area contributed by atoms with Gasteiger partial charge in [0.05, 0.1) is 12.6 Å². The van der Waals surface area contributed by atoms with Gasteiger partial charge in [-0.15, -0.1) is 5.10 Å². The number of benzene rings is 1. The van der Waals surface area contributed by atoms with Crippen molar-refractivity contribution in [2.45, 2.75) is 91.4 Å². The highest BCUT2D eigenvalue weighted by molar-refractivity contribution is 5.83. The molecule has 2 heterocycles. The zero-order valence-electron chi connectivity index (χ0n) is 21.2. The molecule has 1 saturated carbocycles. The van der Waals surface area contributed by atoms with E-state index in [-0.39, 0.29) is 24.1 Å². The minimum Gasteiger partial charge on any atom is -0.465 e. The number of nitrogens with zero attached hydrogens (tertiary/aromatic N) is 5. The Morgan fingerprint density at radius 2 is 2.00 bits per heavy atom. The number of hydrogen-bond acceptors (Lipinski definition) is 7. The SMILES string of the molecule is CCC[C@@H](c1nnnn1CC(=O)OCC)N(Cc1cc2c(C)cc(C)cc2[nH]c1=O)C1CCCC1. The molecule has 0 saturated heterocycles. The number of hydrogen-bond donors (Lipinski definition) is 1. The molecule has 3 aromatic rings.